The second-order valence-corrected chi connectivity index (χ2v) is 5.18. The number of rotatable bonds is 6. The Labute approximate surface area is 109 Å². The molecule has 1 N–H and O–H groups in total. The first kappa shape index (κ1) is 13.0. The molecular weight excluding hydrogens is 254 g/mol. The van der Waals surface area contributed by atoms with Gasteiger partial charge in [0.05, 0.1) is 11.5 Å². The summed E-state index contributed by atoms with van der Waals surface area (Å²) in [6.45, 7) is 0.143. The van der Waals surface area contributed by atoms with Crippen molar-refractivity contribution < 1.29 is 19.4 Å². The molecule has 1 saturated carbocycles. The van der Waals surface area contributed by atoms with Crippen molar-refractivity contribution >= 4 is 23.2 Å². The number of thiophene rings is 1. The maximum atomic E-state index is 12.3. The van der Waals surface area contributed by atoms with E-state index in [0.29, 0.717) is 11.5 Å². The molecule has 1 heterocycles. The maximum Gasteiger partial charge on any atom is 0.323 e. The predicted molar refractivity (Wildman–Crippen MR) is 66.7 cm³/mol. The largest absolute Gasteiger partial charge is 0.480 e. The quantitative estimate of drug-likeness (QED) is 0.851. The lowest BCUT2D eigenvalue weighted by atomic mass is 10.2. The number of amides is 1. The molecule has 2 rings (SSSR count). The highest BCUT2D eigenvalue weighted by Crippen LogP contribution is 2.30. The lowest BCUT2D eigenvalue weighted by molar-refractivity contribution is -0.137. The predicted octanol–water partition coefficient (Wildman–Crippen LogP) is 1.58. The summed E-state index contributed by atoms with van der Waals surface area (Å²) < 4.78 is 5.03. The van der Waals surface area contributed by atoms with Crippen molar-refractivity contribution in [3.05, 3.63) is 21.9 Å². The van der Waals surface area contributed by atoms with Crippen LogP contribution >= 0.6 is 11.3 Å². The summed E-state index contributed by atoms with van der Waals surface area (Å²) >= 11 is 1.33. The summed E-state index contributed by atoms with van der Waals surface area (Å²) in [6.07, 6.45) is 1.79. The Kier molecular flexibility index (Phi) is 3.98. The van der Waals surface area contributed by atoms with Crippen LogP contribution in [0, 0.1) is 0 Å². The Hall–Kier alpha value is -1.40. The van der Waals surface area contributed by atoms with Crippen molar-refractivity contribution in [1.82, 2.24) is 4.90 Å². The van der Waals surface area contributed by atoms with Gasteiger partial charge in [0.15, 0.2) is 0 Å². The van der Waals surface area contributed by atoms with Crippen LogP contribution < -0.4 is 0 Å². The van der Waals surface area contributed by atoms with Gasteiger partial charge in [-0.3, -0.25) is 9.59 Å². The molecule has 0 saturated heterocycles. The van der Waals surface area contributed by atoms with Crippen LogP contribution in [0.4, 0.5) is 0 Å². The molecule has 5 nitrogen and oxygen atoms in total. The SMILES string of the molecule is COCc1ccsc1C(=O)N(CC(=O)O)C1CC1. The molecule has 0 aromatic carbocycles. The molecule has 1 amide bonds. The summed E-state index contributed by atoms with van der Waals surface area (Å²) in [5.41, 5.74) is 0.823. The molecule has 6 heteroatoms. The first-order chi connectivity index (χ1) is 8.63. The molecule has 0 radical (unpaired) electrons. The van der Waals surface area contributed by atoms with Crippen LogP contribution in [0.3, 0.4) is 0 Å². The van der Waals surface area contributed by atoms with Gasteiger partial charge in [-0.25, -0.2) is 0 Å². The van der Waals surface area contributed by atoms with Crippen LogP contribution in [-0.4, -0.2) is 41.6 Å². The van der Waals surface area contributed by atoms with Crippen molar-refractivity contribution in [2.75, 3.05) is 13.7 Å². The number of nitrogens with zero attached hydrogens (tertiary/aromatic N) is 1. The smallest absolute Gasteiger partial charge is 0.323 e. The van der Waals surface area contributed by atoms with Gasteiger partial charge in [0.25, 0.3) is 5.91 Å². The molecule has 0 atom stereocenters. The molecule has 98 valence electrons. The minimum absolute atomic E-state index is 0.0890. The van der Waals surface area contributed by atoms with Gasteiger partial charge in [-0.1, -0.05) is 0 Å². The molecule has 1 aromatic rings. The summed E-state index contributed by atoms with van der Waals surface area (Å²) in [4.78, 5) is 25.2. The van der Waals surface area contributed by atoms with Crippen molar-refractivity contribution in [3.8, 4) is 0 Å². The highest BCUT2D eigenvalue weighted by Gasteiger charge is 2.35. The fraction of sp³-hybridized carbons (Fsp3) is 0.500. The van der Waals surface area contributed by atoms with Crippen molar-refractivity contribution in [1.29, 1.82) is 0 Å². The molecule has 1 aliphatic rings. The Morgan fingerprint density at radius 3 is 2.83 bits per heavy atom. The van der Waals surface area contributed by atoms with E-state index in [9.17, 15) is 9.59 Å². The van der Waals surface area contributed by atoms with Gasteiger partial charge < -0.3 is 14.7 Å². The van der Waals surface area contributed by atoms with Crippen LogP contribution in [0.25, 0.3) is 0 Å². The zero-order chi connectivity index (χ0) is 13.1. The number of methoxy groups -OCH3 is 1. The second kappa shape index (κ2) is 5.49. The summed E-state index contributed by atoms with van der Waals surface area (Å²) in [5, 5.41) is 10.7. The van der Waals surface area contributed by atoms with E-state index in [1.165, 1.54) is 16.2 Å². The van der Waals surface area contributed by atoms with E-state index < -0.39 is 5.97 Å². The number of carboxylic acids is 1. The fourth-order valence-electron chi connectivity index (χ4n) is 1.82. The van der Waals surface area contributed by atoms with Gasteiger partial charge in [-0.15, -0.1) is 11.3 Å². The number of carbonyl (C=O) groups is 2. The maximum absolute atomic E-state index is 12.3. The molecular formula is C12H15NO4S. The summed E-state index contributed by atoms with van der Waals surface area (Å²) in [7, 11) is 1.57. The Morgan fingerprint density at radius 1 is 1.56 bits per heavy atom. The molecule has 1 aromatic heterocycles. The summed E-state index contributed by atoms with van der Waals surface area (Å²) in [6, 6.07) is 1.93. The molecule has 1 fully saturated rings. The third-order valence-electron chi connectivity index (χ3n) is 2.79. The van der Waals surface area contributed by atoms with E-state index in [4.69, 9.17) is 9.84 Å². The van der Waals surface area contributed by atoms with Crippen LogP contribution in [-0.2, 0) is 16.1 Å². The molecule has 0 spiro atoms. The zero-order valence-corrected chi connectivity index (χ0v) is 10.9. The van der Waals surface area contributed by atoms with Gasteiger partial charge in [-0.2, -0.15) is 0 Å². The molecule has 1 aliphatic carbocycles. The number of hydrogen-bond donors (Lipinski definition) is 1. The lowest BCUT2D eigenvalue weighted by Crippen LogP contribution is -2.37. The average molecular weight is 269 g/mol. The van der Waals surface area contributed by atoms with Gasteiger partial charge in [-0.05, 0) is 24.3 Å². The number of hydrogen-bond acceptors (Lipinski definition) is 4. The van der Waals surface area contributed by atoms with E-state index >= 15 is 0 Å². The number of carboxylic acid groups (broad SMARTS) is 1. The standard InChI is InChI=1S/C12H15NO4S/c1-17-7-8-4-5-18-11(8)12(16)13(6-10(14)15)9-2-3-9/h4-5,9H,2-3,6-7H2,1H3,(H,14,15). The molecule has 0 bridgehead atoms. The van der Waals surface area contributed by atoms with Crippen molar-refractivity contribution in [3.63, 3.8) is 0 Å². The van der Waals surface area contributed by atoms with E-state index in [1.54, 1.807) is 7.11 Å². The zero-order valence-electron chi connectivity index (χ0n) is 10.1. The fourth-order valence-corrected chi connectivity index (χ4v) is 2.69. The molecule has 0 aliphatic heterocycles. The Morgan fingerprint density at radius 2 is 2.28 bits per heavy atom. The van der Waals surface area contributed by atoms with Gasteiger partial charge in [0.1, 0.15) is 6.54 Å². The first-order valence-electron chi connectivity index (χ1n) is 5.71. The monoisotopic (exact) mass is 269 g/mol. The number of carbonyl (C=O) groups excluding carboxylic acids is 1. The minimum atomic E-state index is -0.972. The molecule has 18 heavy (non-hydrogen) atoms. The van der Waals surface area contributed by atoms with Crippen molar-refractivity contribution in [2.24, 2.45) is 0 Å². The lowest BCUT2D eigenvalue weighted by Gasteiger charge is -2.20. The Balaban J connectivity index is 2.16. The highest BCUT2D eigenvalue weighted by molar-refractivity contribution is 7.12. The topological polar surface area (TPSA) is 66.8 Å². The minimum Gasteiger partial charge on any atom is -0.480 e. The van der Waals surface area contributed by atoms with Crippen LogP contribution in [0.1, 0.15) is 28.1 Å². The third kappa shape index (κ3) is 2.88. The van der Waals surface area contributed by atoms with Crippen LogP contribution in [0.15, 0.2) is 11.4 Å². The van der Waals surface area contributed by atoms with Gasteiger partial charge in [0, 0.05) is 18.7 Å². The van der Waals surface area contributed by atoms with E-state index in [-0.39, 0.29) is 18.5 Å². The van der Waals surface area contributed by atoms with Crippen LogP contribution in [0.5, 0.6) is 0 Å². The van der Waals surface area contributed by atoms with E-state index in [1.807, 2.05) is 11.4 Å². The van der Waals surface area contributed by atoms with Gasteiger partial charge >= 0.3 is 5.97 Å². The summed E-state index contributed by atoms with van der Waals surface area (Å²) in [5.74, 6) is -1.16. The van der Waals surface area contributed by atoms with Crippen LogP contribution in [0.2, 0.25) is 0 Å². The van der Waals surface area contributed by atoms with Crippen molar-refractivity contribution in [2.45, 2.75) is 25.5 Å². The third-order valence-corrected chi connectivity index (χ3v) is 3.74. The number of aliphatic carboxylic acids is 1. The average Bonchev–Trinajstić information content (AvgIpc) is 3.06. The highest BCUT2D eigenvalue weighted by atomic mass is 32.1. The van der Waals surface area contributed by atoms with E-state index in [2.05, 4.69) is 0 Å². The molecule has 0 unspecified atom stereocenters. The second-order valence-electron chi connectivity index (χ2n) is 4.27. The first-order valence-corrected chi connectivity index (χ1v) is 6.59. The number of ether oxygens (including phenoxy) is 1. The normalized spacial score (nSPS) is 14.5. The van der Waals surface area contributed by atoms with Gasteiger partial charge in [0.2, 0.25) is 0 Å². The Bertz CT molecular complexity index is 453. The van der Waals surface area contributed by atoms with E-state index in [0.717, 1.165) is 18.4 Å².